The van der Waals surface area contributed by atoms with Crippen LogP contribution in [-0.4, -0.2) is 30.3 Å². The van der Waals surface area contributed by atoms with E-state index in [0.717, 1.165) is 18.4 Å². The number of rotatable bonds is 7. The van der Waals surface area contributed by atoms with E-state index in [9.17, 15) is 4.79 Å². The molecule has 3 aromatic rings. The standard InChI is InChI=1S/C21H20N2O5/c1-25-16-9-8-14(12-17(16)26-2)19-22-18(28-23-19)13-27-20(24)21(10-11-21)15-6-4-3-5-7-15/h3-9,12H,10-11,13H2,1-2H3. The monoisotopic (exact) mass is 380 g/mol. The van der Waals surface area contributed by atoms with Crippen LogP contribution < -0.4 is 9.47 Å². The zero-order valence-electron chi connectivity index (χ0n) is 15.7. The Labute approximate surface area is 162 Å². The third-order valence-corrected chi connectivity index (χ3v) is 4.90. The average molecular weight is 380 g/mol. The van der Waals surface area contributed by atoms with Gasteiger partial charge in [-0.25, -0.2) is 0 Å². The molecule has 1 aliphatic rings. The zero-order valence-corrected chi connectivity index (χ0v) is 15.7. The minimum absolute atomic E-state index is 0.0618. The molecular weight excluding hydrogens is 360 g/mol. The fourth-order valence-electron chi connectivity index (χ4n) is 3.16. The van der Waals surface area contributed by atoms with Crippen LogP contribution in [0, 0.1) is 0 Å². The largest absolute Gasteiger partial charge is 0.493 e. The van der Waals surface area contributed by atoms with Gasteiger partial charge in [0.05, 0.1) is 19.6 Å². The second-order valence-corrected chi connectivity index (χ2v) is 6.61. The molecule has 0 bridgehead atoms. The summed E-state index contributed by atoms with van der Waals surface area (Å²) < 4.78 is 21.2. The van der Waals surface area contributed by atoms with Gasteiger partial charge in [-0.05, 0) is 36.6 Å². The summed E-state index contributed by atoms with van der Waals surface area (Å²) in [5.41, 5.74) is 1.16. The van der Waals surface area contributed by atoms with Crippen molar-refractivity contribution in [1.82, 2.24) is 10.1 Å². The van der Waals surface area contributed by atoms with Gasteiger partial charge in [0.25, 0.3) is 5.89 Å². The summed E-state index contributed by atoms with van der Waals surface area (Å²) in [5, 5.41) is 3.96. The Hall–Kier alpha value is -3.35. The molecule has 1 fully saturated rings. The number of aromatic nitrogens is 2. The fraction of sp³-hybridized carbons (Fsp3) is 0.286. The highest BCUT2D eigenvalue weighted by Crippen LogP contribution is 2.49. The Morgan fingerprint density at radius 1 is 1.07 bits per heavy atom. The van der Waals surface area contributed by atoms with Crippen molar-refractivity contribution in [1.29, 1.82) is 0 Å². The molecule has 7 nitrogen and oxygen atoms in total. The van der Waals surface area contributed by atoms with Gasteiger partial charge < -0.3 is 18.7 Å². The zero-order chi connectivity index (χ0) is 19.6. The topological polar surface area (TPSA) is 83.7 Å². The molecule has 1 aliphatic carbocycles. The number of esters is 1. The van der Waals surface area contributed by atoms with Gasteiger partial charge >= 0.3 is 5.97 Å². The SMILES string of the molecule is COc1ccc(-c2noc(COC(=O)C3(c4ccccc4)CC3)n2)cc1OC. The smallest absolute Gasteiger partial charge is 0.317 e. The van der Waals surface area contributed by atoms with Crippen LogP contribution in [0.1, 0.15) is 24.3 Å². The maximum Gasteiger partial charge on any atom is 0.317 e. The predicted molar refractivity (Wildman–Crippen MR) is 100.0 cm³/mol. The van der Waals surface area contributed by atoms with Crippen LogP contribution in [0.5, 0.6) is 11.5 Å². The Morgan fingerprint density at radius 2 is 1.82 bits per heavy atom. The van der Waals surface area contributed by atoms with Crippen molar-refractivity contribution < 1.29 is 23.5 Å². The van der Waals surface area contributed by atoms with Crippen molar-refractivity contribution in [2.45, 2.75) is 24.9 Å². The van der Waals surface area contributed by atoms with Crippen molar-refractivity contribution in [2.24, 2.45) is 0 Å². The first kappa shape index (κ1) is 18.0. The van der Waals surface area contributed by atoms with E-state index in [1.54, 1.807) is 32.4 Å². The lowest BCUT2D eigenvalue weighted by Gasteiger charge is -2.13. The Bertz CT molecular complexity index is 979. The minimum atomic E-state index is -0.534. The van der Waals surface area contributed by atoms with Crippen molar-refractivity contribution in [3.8, 4) is 22.9 Å². The maximum atomic E-state index is 12.6. The highest BCUT2D eigenvalue weighted by molar-refractivity contribution is 5.86. The molecule has 4 rings (SSSR count). The van der Waals surface area contributed by atoms with Gasteiger partial charge in [-0.15, -0.1) is 0 Å². The third-order valence-electron chi connectivity index (χ3n) is 4.90. The van der Waals surface area contributed by atoms with E-state index in [1.807, 2.05) is 30.3 Å². The molecule has 0 saturated heterocycles. The number of methoxy groups -OCH3 is 2. The minimum Gasteiger partial charge on any atom is -0.493 e. The summed E-state index contributed by atoms with van der Waals surface area (Å²) in [6, 6.07) is 15.0. The summed E-state index contributed by atoms with van der Waals surface area (Å²) in [5.74, 6) is 1.54. The molecular formula is C21H20N2O5. The molecule has 0 unspecified atom stereocenters. The summed E-state index contributed by atoms with van der Waals surface area (Å²) >= 11 is 0. The molecule has 0 atom stereocenters. The first-order chi connectivity index (χ1) is 13.7. The number of benzene rings is 2. The summed E-state index contributed by atoms with van der Waals surface area (Å²) in [7, 11) is 3.13. The number of hydrogen-bond donors (Lipinski definition) is 0. The van der Waals surface area contributed by atoms with E-state index >= 15 is 0 Å². The summed E-state index contributed by atoms with van der Waals surface area (Å²) in [6.45, 7) is -0.0618. The van der Waals surface area contributed by atoms with E-state index in [4.69, 9.17) is 18.7 Å². The lowest BCUT2D eigenvalue weighted by molar-refractivity contribution is -0.148. The molecule has 0 aliphatic heterocycles. The van der Waals surface area contributed by atoms with Gasteiger partial charge in [0.2, 0.25) is 5.82 Å². The Morgan fingerprint density at radius 3 is 2.50 bits per heavy atom. The van der Waals surface area contributed by atoms with Crippen molar-refractivity contribution in [3.63, 3.8) is 0 Å². The van der Waals surface area contributed by atoms with Crippen molar-refractivity contribution in [2.75, 3.05) is 14.2 Å². The normalized spacial score (nSPS) is 14.4. The van der Waals surface area contributed by atoms with Gasteiger partial charge in [-0.3, -0.25) is 4.79 Å². The van der Waals surface area contributed by atoms with Crippen LogP contribution in [0.3, 0.4) is 0 Å². The van der Waals surface area contributed by atoms with Crippen LogP contribution in [0.4, 0.5) is 0 Å². The van der Waals surface area contributed by atoms with Gasteiger partial charge in [-0.2, -0.15) is 4.98 Å². The van der Waals surface area contributed by atoms with Gasteiger partial charge in [0.15, 0.2) is 18.1 Å². The van der Waals surface area contributed by atoms with E-state index in [-0.39, 0.29) is 18.5 Å². The molecule has 7 heteroatoms. The molecule has 1 saturated carbocycles. The van der Waals surface area contributed by atoms with Gasteiger partial charge in [0.1, 0.15) is 0 Å². The molecule has 0 radical (unpaired) electrons. The van der Waals surface area contributed by atoms with E-state index in [2.05, 4.69) is 10.1 Å². The molecule has 144 valence electrons. The third kappa shape index (κ3) is 3.31. The van der Waals surface area contributed by atoms with Gasteiger partial charge in [-0.1, -0.05) is 35.5 Å². The molecule has 0 N–H and O–H groups in total. The van der Waals surface area contributed by atoms with Crippen LogP contribution in [0.2, 0.25) is 0 Å². The number of carbonyl (C=O) groups is 1. The number of hydrogen-bond acceptors (Lipinski definition) is 7. The van der Waals surface area contributed by atoms with Crippen LogP contribution >= 0.6 is 0 Å². The lowest BCUT2D eigenvalue weighted by atomic mass is 9.96. The molecule has 0 amide bonds. The Balaban J connectivity index is 1.44. The average Bonchev–Trinajstić information content (AvgIpc) is 3.43. The molecule has 1 heterocycles. The predicted octanol–water partition coefficient (Wildman–Crippen LogP) is 3.53. The maximum absolute atomic E-state index is 12.6. The lowest BCUT2D eigenvalue weighted by Crippen LogP contribution is -2.23. The first-order valence-corrected chi connectivity index (χ1v) is 8.94. The Kier molecular flexibility index (Phi) is 4.73. The summed E-state index contributed by atoms with van der Waals surface area (Å²) in [6.07, 6.45) is 1.58. The van der Waals surface area contributed by atoms with E-state index < -0.39 is 5.41 Å². The molecule has 1 aromatic heterocycles. The second-order valence-electron chi connectivity index (χ2n) is 6.61. The van der Waals surface area contributed by atoms with Gasteiger partial charge in [0, 0.05) is 5.56 Å². The first-order valence-electron chi connectivity index (χ1n) is 8.94. The van der Waals surface area contributed by atoms with Crippen LogP contribution in [0.15, 0.2) is 53.1 Å². The van der Waals surface area contributed by atoms with Crippen LogP contribution in [0.25, 0.3) is 11.4 Å². The second kappa shape index (κ2) is 7.34. The highest BCUT2D eigenvalue weighted by Gasteiger charge is 2.52. The number of ether oxygens (including phenoxy) is 3. The molecule has 28 heavy (non-hydrogen) atoms. The van der Waals surface area contributed by atoms with Crippen molar-refractivity contribution >= 4 is 5.97 Å². The van der Waals surface area contributed by atoms with E-state index in [1.165, 1.54) is 0 Å². The quantitative estimate of drug-likeness (QED) is 0.580. The molecule has 0 spiro atoms. The van der Waals surface area contributed by atoms with Crippen LogP contribution in [-0.2, 0) is 21.6 Å². The number of carbonyl (C=O) groups excluding carboxylic acids is 1. The van der Waals surface area contributed by atoms with Crippen molar-refractivity contribution in [3.05, 3.63) is 60.0 Å². The fourth-order valence-corrected chi connectivity index (χ4v) is 3.16. The highest BCUT2D eigenvalue weighted by atomic mass is 16.6. The molecule has 2 aromatic carbocycles. The summed E-state index contributed by atoms with van der Waals surface area (Å²) in [4.78, 5) is 16.9. The van der Waals surface area contributed by atoms with E-state index in [0.29, 0.717) is 22.9 Å². The number of nitrogens with zero attached hydrogens (tertiary/aromatic N) is 2.